The van der Waals surface area contributed by atoms with Crippen molar-refractivity contribution in [2.75, 3.05) is 20.1 Å². The maximum absolute atomic E-state index is 12.6. The number of fused-ring (bicyclic) bond motifs is 1. The lowest BCUT2D eigenvalue weighted by atomic mass is 10.1. The Hall–Kier alpha value is -1.08. The zero-order valence-corrected chi connectivity index (χ0v) is 19.3. The van der Waals surface area contributed by atoms with Gasteiger partial charge >= 0.3 is 15.5 Å². The number of guanidine groups is 1. The summed E-state index contributed by atoms with van der Waals surface area (Å²) >= 11 is 0. The Labute approximate surface area is 186 Å². The number of alkyl halides is 3. The van der Waals surface area contributed by atoms with Gasteiger partial charge in [0.15, 0.2) is 5.96 Å². The van der Waals surface area contributed by atoms with Crippen molar-refractivity contribution in [2.24, 2.45) is 4.99 Å². The van der Waals surface area contributed by atoms with E-state index in [1.807, 2.05) is 0 Å². The number of sulfonamides is 1. The van der Waals surface area contributed by atoms with Gasteiger partial charge in [-0.05, 0) is 48.8 Å². The molecule has 0 aromatic heterocycles. The molecule has 11 heteroatoms. The SMILES string of the molecule is CN=C(NCc1ccc2c(c1)CCC2)NC1CCN(S(=O)(=O)C(F)(F)F)CC1.I. The lowest BCUT2D eigenvalue weighted by Crippen LogP contribution is -2.51. The van der Waals surface area contributed by atoms with Crippen LogP contribution in [0.2, 0.25) is 0 Å². The molecule has 29 heavy (non-hydrogen) atoms. The molecule has 1 aliphatic heterocycles. The summed E-state index contributed by atoms with van der Waals surface area (Å²) in [5.74, 6) is 0.553. The minimum atomic E-state index is -5.25. The molecule has 3 rings (SSSR count). The summed E-state index contributed by atoms with van der Waals surface area (Å²) in [6, 6.07) is 6.31. The molecule has 1 aromatic rings. The number of hydrogen-bond donors (Lipinski definition) is 2. The van der Waals surface area contributed by atoms with Crippen LogP contribution in [0.3, 0.4) is 0 Å². The fraction of sp³-hybridized carbons (Fsp3) is 0.611. The molecule has 6 nitrogen and oxygen atoms in total. The van der Waals surface area contributed by atoms with E-state index in [2.05, 4.69) is 33.8 Å². The minimum Gasteiger partial charge on any atom is -0.354 e. The van der Waals surface area contributed by atoms with Crippen LogP contribution in [0.15, 0.2) is 23.2 Å². The molecule has 0 radical (unpaired) electrons. The molecule has 0 unspecified atom stereocenters. The lowest BCUT2D eigenvalue weighted by molar-refractivity contribution is -0.0494. The van der Waals surface area contributed by atoms with Gasteiger partial charge < -0.3 is 10.6 Å². The van der Waals surface area contributed by atoms with Crippen molar-refractivity contribution in [3.05, 3.63) is 34.9 Å². The predicted molar refractivity (Wildman–Crippen MR) is 117 cm³/mol. The quantitative estimate of drug-likeness (QED) is 0.346. The van der Waals surface area contributed by atoms with Crippen molar-refractivity contribution < 1.29 is 21.6 Å². The van der Waals surface area contributed by atoms with Gasteiger partial charge in [-0.15, -0.1) is 24.0 Å². The summed E-state index contributed by atoms with van der Waals surface area (Å²) in [5, 5.41) is 6.39. The standard InChI is InChI=1S/C18H25F3N4O2S.HI/c1-22-17(23-12-13-5-6-14-3-2-4-15(14)11-13)24-16-7-9-25(10-8-16)28(26,27)18(19,20)21;/h5-6,11,16H,2-4,7-10,12H2,1H3,(H2,22,23,24);1H. The molecule has 1 aliphatic carbocycles. The molecule has 2 aliphatic rings. The van der Waals surface area contributed by atoms with Gasteiger partial charge in [0, 0.05) is 32.7 Å². The van der Waals surface area contributed by atoms with Gasteiger partial charge in [0.1, 0.15) is 0 Å². The fourth-order valence-electron chi connectivity index (χ4n) is 3.70. The summed E-state index contributed by atoms with van der Waals surface area (Å²) in [4.78, 5) is 4.16. The summed E-state index contributed by atoms with van der Waals surface area (Å²) in [5.41, 5.74) is -1.30. The van der Waals surface area contributed by atoms with Crippen LogP contribution in [0, 0.1) is 0 Å². The Morgan fingerprint density at radius 2 is 1.86 bits per heavy atom. The molecule has 1 heterocycles. The highest BCUT2D eigenvalue weighted by Crippen LogP contribution is 2.29. The van der Waals surface area contributed by atoms with Gasteiger partial charge in [0.25, 0.3) is 0 Å². The number of nitrogens with zero attached hydrogens (tertiary/aromatic N) is 2. The maximum Gasteiger partial charge on any atom is 0.511 e. The number of aryl methyl sites for hydroxylation is 2. The van der Waals surface area contributed by atoms with E-state index in [-0.39, 0.29) is 55.9 Å². The Bertz CT molecular complexity index is 838. The topological polar surface area (TPSA) is 73.8 Å². The number of rotatable bonds is 4. The number of piperidine rings is 1. The monoisotopic (exact) mass is 546 g/mol. The van der Waals surface area contributed by atoms with E-state index < -0.39 is 15.5 Å². The molecular weight excluding hydrogens is 520 g/mol. The highest BCUT2D eigenvalue weighted by molar-refractivity contribution is 14.0. The van der Waals surface area contributed by atoms with E-state index in [0.717, 1.165) is 18.4 Å². The molecule has 0 amide bonds. The second-order valence-electron chi connectivity index (χ2n) is 7.15. The molecule has 2 N–H and O–H groups in total. The number of nitrogens with one attached hydrogen (secondary N) is 2. The summed E-state index contributed by atoms with van der Waals surface area (Å²) in [6.45, 7) is 0.261. The molecule has 1 saturated heterocycles. The number of hydrogen-bond acceptors (Lipinski definition) is 3. The third kappa shape index (κ3) is 5.75. The van der Waals surface area contributed by atoms with E-state index in [0.29, 0.717) is 16.8 Å². The Kier molecular flexibility index (Phi) is 8.19. The molecule has 1 aromatic carbocycles. The van der Waals surface area contributed by atoms with Gasteiger partial charge in [-0.1, -0.05) is 18.2 Å². The molecule has 0 saturated carbocycles. The first-order valence-electron chi connectivity index (χ1n) is 9.35. The fourth-order valence-corrected chi connectivity index (χ4v) is 4.68. The first-order chi connectivity index (χ1) is 13.2. The summed E-state index contributed by atoms with van der Waals surface area (Å²) in [7, 11) is -3.62. The summed E-state index contributed by atoms with van der Waals surface area (Å²) in [6.07, 6.45) is 4.01. The Morgan fingerprint density at radius 1 is 1.21 bits per heavy atom. The van der Waals surface area contributed by atoms with Crippen LogP contribution in [0.4, 0.5) is 13.2 Å². The van der Waals surface area contributed by atoms with Crippen LogP contribution in [0.25, 0.3) is 0 Å². The smallest absolute Gasteiger partial charge is 0.354 e. The van der Waals surface area contributed by atoms with Crippen LogP contribution >= 0.6 is 24.0 Å². The van der Waals surface area contributed by atoms with E-state index in [1.165, 1.54) is 17.5 Å². The number of aliphatic imine (C=N–C) groups is 1. The Morgan fingerprint density at radius 3 is 2.48 bits per heavy atom. The molecule has 0 atom stereocenters. The first kappa shape index (κ1) is 24.2. The van der Waals surface area contributed by atoms with Crippen molar-refractivity contribution in [1.82, 2.24) is 14.9 Å². The van der Waals surface area contributed by atoms with Gasteiger partial charge in [0.2, 0.25) is 0 Å². The van der Waals surface area contributed by atoms with Crippen LogP contribution in [-0.4, -0.2) is 50.4 Å². The van der Waals surface area contributed by atoms with Gasteiger partial charge in [-0.25, -0.2) is 8.42 Å². The van der Waals surface area contributed by atoms with Crippen molar-refractivity contribution in [3.63, 3.8) is 0 Å². The van der Waals surface area contributed by atoms with Crippen LogP contribution < -0.4 is 10.6 Å². The number of benzene rings is 1. The predicted octanol–water partition coefficient (Wildman–Crippen LogP) is 2.77. The molecule has 164 valence electrons. The Balaban J connectivity index is 0.00000300. The highest BCUT2D eigenvalue weighted by atomic mass is 127. The lowest BCUT2D eigenvalue weighted by Gasteiger charge is -2.32. The zero-order chi connectivity index (χ0) is 20.4. The van der Waals surface area contributed by atoms with Crippen LogP contribution in [-0.2, 0) is 29.4 Å². The molecule has 0 spiro atoms. The second kappa shape index (κ2) is 9.82. The van der Waals surface area contributed by atoms with Crippen molar-refractivity contribution in [3.8, 4) is 0 Å². The summed E-state index contributed by atoms with van der Waals surface area (Å²) < 4.78 is 61.4. The zero-order valence-electron chi connectivity index (χ0n) is 16.1. The maximum atomic E-state index is 12.6. The average Bonchev–Trinajstić information content (AvgIpc) is 3.12. The van der Waals surface area contributed by atoms with Crippen molar-refractivity contribution in [2.45, 2.75) is 50.2 Å². The minimum absolute atomic E-state index is 0. The van der Waals surface area contributed by atoms with Crippen molar-refractivity contribution >= 4 is 40.0 Å². The third-order valence-electron chi connectivity index (χ3n) is 5.27. The van der Waals surface area contributed by atoms with Gasteiger partial charge in [-0.2, -0.15) is 17.5 Å². The second-order valence-corrected chi connectivity index (χ2v) is 9.08. The number of halogens is 4. The first-order valence-corrected chi connectivity index (χ1v) is 10.8. The molecular formula is C18H26F3IN4O2S. The van der Waals surface area contributed by atoms with E-state index >= 15 is 0 Å². The van der Waals surface area contributed by atoms with E-state index in [1.54, 1.807) is 7.05 Å². The van der Waals surface area contributed by atoms with Gasteiger partial charge in [-0.3, -0.25) is 4.99 Å². The molecule has 1 fully saturated rings. The molecule has 0 bridgehead atoms. The van der Waals surface area contributed by atoms with Crippen LogP contribution in [0.5, 0.6) is 0 Å². The van der Waals surface area contributed by atoms with E-state index in [9.17, 15) is 21.6 Å². The average molecular weight is 546 g/mol. The van der Waals surface area contributed by atoms with Crippen molar-refractivity contribution in [1.29, 1.82) is 0 Å². The normalized spacial score (nSPS) is 18.8. The largest absolute Gasteiger partial charge is 0.511 e. The van der Waals surface area contributed by atoms with Gasteiger partial charge in [0.05, 0.1) is 0 Å². The highest BCUT2D eigenvalue weighted by Gasteiger charge is 2.50. The van der Waals surface area contributed by atoms with Crippen LogP contribution in [0.1, 0.15) is 36.0 Å². The third-order valence-corrected chi connectivity index (χ3v) is 6.90. The van der Waals surface area contributed by atoms with E-state index in [4.69, 9.17) is 0 Å².